The molecule has 1 aliphatic rings. The predicted octanol–water partition coefficient (Wildman–Crippen LogP) is 4.96. The Hall–Kier alpha value is -1.28. The smallest absolute Gasteiger partial charge is 0.134 e. The SMILES string of the molecule is Cc1ccc2oc(C(N)C3CCCCC3(C)C)cc2c1. The Morgan fingerprint density at radius 3 is 2.80 bits per heavy atom. The number of rotatable bonds is 2. The molecule has 1 heterocycles. The molecule has 0 spiro atoms. The minimum atomic E-state index is 0.0120. The van der Waals surface area contributed by atoms with Gasteiger partial charge in [0.15, 0.2) is 0 Å². The third-order valence-corrected chi connectivity index (χ3v) is 5.04. The Labute approximate surface area is 121 Å². The van der Waals surface area contributed by atoms with Crippen LogP contribution in [0.4, 0.5) is 0 Å². The summed E-state index contributed by atoms with van der Waals surface area (Å²) in [5.74, 6) is 1.46. The van der Waals surface area contributed by atoms with Gasteiger partial charge in [-0.05, 0) is 49.3 Å². The highest BCUT2D eigenvalue weighted by Gasteiger charge is 2.37. The van der Waals surface area contributed by atoms with Crippen LogP contribution in [0, 0.1) is 18.3 Å². The minimum Gasteiger partial charge on any atom is -0.459 e. The lowest BCUT2D eigenvalue weighted by atomic mass is 9.65. The van der Waals surface area contributed by atoms with Crippen LogP contribution in [-0.4, -0.2) is 0 Å². The molecule has 0 radical (unpaired) electrons. The molecule has 2 aromatic rings. The highest BCUT2D eigenvalue weighted by atomic mass is 16.3. The second kappa shape index (κ2) is 4.92. The molecule has 0 aliphatic heterocycles. The maximum atomic E-state index is 6.55. The van der Waals surface area contributed by atoms with Gasteiger partial charge in [-0.15, -0.1) is 0 Å². The van der Waals surface area contributed by atoms with Crippen LogP contribution in [-0.2, 0) is 0 Å². The van der Waals surface area contributed by atoms with Crippen molar-refractivity contribution in [2.24, 2.45) is 17.1 Å². The van der Waals surface area contributed by atoms with Crippen molar-refractivity contribution in [3.05, 3.63) is 35.6 Å². The van der Waals surface area contributed by atoms with E-state index in [4.69, 9.17) is 10.2 Å². The van der Waals surface area contributed by atoms with E-state index in [0.29, 0.717) is 11.3 Å². The second-order valence-corrected chi connectivity index (χ2v) is 7.06. The van der Waals surface area contributed by atoms with Gasteiger partial charge in [-0.25, -0.2) is 0 Å². The molecule has 0 bridgehead atoms. The van der Waals surface area contributed by atoms with Crippen LogP contribution in [0.25, 0.3) is 11.0 Å². The van der Waals surface area contributed by atoms with Crippen molar-refractivity contribution in [3.63, 3.8) is 0 Å². The van der Waals surface area contributed by atoms with Crippen LogP contribution in [0.3, 0.4) is 0 Å². The minimum absolute atomic E-state index is 0.0120. The van der Waals surface area contributed by atoms with E-state index >= 15 is 0 Å². The average molecular weight is 271 g/mol. The first-order valence-electron chi connectivity index (χ1n) is 7.73. The first kappa shape index (κ1) is 13.7. The van der Waals surface area contributed by atoms with Gasteiger partial charge in [-0.2, -0.15) is 0 Å². The predicted molar refractivity (Wildman–Crippen MR) is 83.6 cm³/mol. The Bertz CT molecular complexity index is 611. The molecule has 108 valence electrons. The van der Waals surface area contributed by atoms with Gasteiger partial charge in [-0.1, -0.05) is 38.3 Å². The molecular weight excluding hydrogens is 246 g/mol. The Morgan fingerprint density at radius 2 is 2.05 bits per heavy atom. The summed E-state index contributed by atoms with van der Waals surface area (Å²) < 4.78 is 6.01. The van der Waals surface area contributed by atoms with Gasteiger partial charge in [0.1, 0.15) is 11.3 Å². The monoisotopic (exact) mass is 271 g/mol. The fourth-order valence-corrected chi connectivity index (χ4v) is 3.73. The molecule has 1 aliphatic carbocycles. The first-order chi connectivity index (χ1) is 9.47. The summed E-state index contributed by atoms with van der Waals surface area (Å²) >= 11 is 0. The number of aryl methyl sites for hydroxylation is 1. The lowest BCUT2D eigenvalue weighted by molar-refractivity contribution is 0.105. The van der Waals surface area contributed by atoms with Gasteiger partial charge < -0.3 is 10.2 Å². The van der Waals surface area contributed by atoms with E-state index in [1.165, 1.54) is 36.6 Å². The molecule has 2 unspecified atom stereocenters. The maximum absolute atomic E-state index is 6.55. The van der Waals surface area contributed by atoms with E-state index in [-0.39, 0.29) is 6.04 Å². The fraction of sp³-hybridized carbons (Fsp3) is 0.556. The molecule has 3 rings (SSSR count). The number of benzene rings is 1. The first-order valence-corrected chi connectivity index (χ1v) is 7.73. The van der Waals surface area contributed by atoms with E-state index in [9.17, 15) is 0 Å². The summed E-state index contributed by atoms with van der Waals surface area (Å²) in [4.78, 5) is 0. The van der Waals surface area contributed by atoms with E-state index in [0.717, 1.165) is 11.3 Å². The molecule has 1 fully saturated rings. The molecular formula is C18H25NO. The van der Waals surface area contributed by atoms with Crippen molar-refractivity contribution in [1.29, 1.82) is 0 Å². The average Bonchev–Trinajstić information content (AvgIpc) is 2.80. The van der Waals surface area contributed by atoms with Crippen LogP contribution >= 0.6 is 0 Å². The molecule has 2 atom stereocenters. The van der Waals surface area contributed by atoms with Crippen LogP contribution in [0.15, 0.2) is 28.7 Å². The normalized spacial score (nSPS) is 23.9. The molecule has 2 heteroatoms. The summed E-state index contributed by atoms with van der Waals surface area (Å²) in [5.41, 5.74) is 9.08. The topological polar surface area (TPSA) is 39.2 Å². The lowest BCUT2D eigenvalue weighted by Gasteiger charge is -2.41. The van der Waals surface area contributed by atoms with E-state index < -0.39 is 0 Å². The van der Waals surface area contributed by atoms with Crippen LogP contribution in [0.5, 0.6) is 0 Å². The van der Waals surface area contributed by atoms with Crippen molar-refractivity contribution in [3.8, 4) is 0 Å². The zero-order valence-corrected chi connectivity index (χ0v) is 12.8. The molecule has 1 saturated carbocycles. The van der Waals surface area contributed by atoms with Gasteiger partial charge in [0.05, 0.1) is 6.04 Å². The van der Waals surface area contributed by atoms with E-state index in [1.54, 1.807) is 0 Å². The highest BCUT2D eigenvalue weighted by Crippen LogP contribution is 2.46. The number of hydrogen-bond donors (Lipinski definition) is 1. The maximum Gasteiger partial charge on any atom is 0.134 e. The van der Waals surface area contributed by atoms with E-state index in [2.05, 4.69) is 39.0 Å². The molecule has 0 saturated heterocycles. The van der Waals surface area contributed by atoms with Crippen LogP contribution < -0.4 is 5.73 Å². The number of fused-ring (bicyclic) bond motifs is 1. The van der Waals surface area contributed by atoms with Crippen molar-refractivity contribution in [1.82, 2.24) is 0 Å². The third kappa shape index (κ3) is 2.37. The Kier molecular flexibility index (Phi) is 3.37. The standard InChI is InChI=1S/C18H25NO/c1-12-7-8-15-13(10-12)11-16(20-15)17(19)14-6-4-5-9-18(14,2)3/h7-8,10-11,14,17H,4-6,9,19H2,1-3H3. The van der Waals surface area contributed by atoms with Gasteiger partial charge >= 0.3 is 0 Å². The lowest BCUT2D eigenvalue weighted by Crippen LogP contribution is -2.36. The highest BCUT2D eigenvalue weighted by molar-refractivity contribution is 5.78. The summed E-state index contributed by atoms with van der Waals surface area (Å²) in [6.07, 6.45) is 5.10. The Balaban J connectivity index is 1.93. The van der Waals surface area contributed by atoms with Gasteiger partial charge in [0.25, 0.3) is 0 Å². The summed E-state index contributed by atoms with van der Waals surface area (Å²) in [6.45, 7) is 6.81. The van der Waals surface area contributed by atoms with Crippen molar-refractivity contribution in [2.75, 3.05) is 0 Å². The molecule has 2 N–H and O–H groups in total. The van der Waals surface area contributed by atoms with Crippen LogP contribution in [0.2, 0.25) is 0 Å². The fourth-order valence-electron chi connectivity index (χ4n) is 3.73. The largest absolute Gasteiger partial charge is 0.459 e. The van der Waals surface area contributed by atoms with Gasteiger partial charge in [-0.3, -0.25) is 0 Å². The molecule has 0 amide bonds. The third-order valence-electron chi connectivity index (χ3n) is 5.04. The summed E-state index contributed by atoms with van der Waals surface area (Å²) in [5, 5.41) is 1.17. The van der Waals surface area contributed by atoms with Crippen molar-refractivity contribution < 1.29 is 4.42 Å². The quantitative estimate of drug-likeness (QED) is 0.838. The molecule has 1 aromatic carbocycles. The van der Waals surface area contributed by atoms with Gasteiger partial charge in [0.2, 0.25) is 0 Å². The van der Waals surface area contributed by atoms with Crippen molar-refractivity contribution in [2.45, 2.75) is 52.5 Å². The second-order valence-electron chi connectivity index (χ2n) is 7.06. The molecule has 20 heavy (non-hydrogen) atoms. The summed E-state index contributed by atoms with van der Waals surface area (Å²) in [7, 11) is 0. The molecule has 1 aromatic heterocycles. The Morgan fingerprint density at radius 1 is 1.25 bits per heavy atom. The molecule has 2 nitrogen and oxygen atoms in total. The number of nitrogens with two attached hydrogens (primary N) is 1. The van der Waals surface area contributed by atoms with Gasteiger partial charge in [0, 0.05) is 5.39 Å². The number of hydrogen-bond acceptors (Lipinski definition) is 2. The summed E-state index contributed by atoms with van der Waals surface area (Å²) in [6, 6.07) is 8.45. The van der Waals surface area contributed by atoms with Crippen molar-refractivity contribution >= 4 is 11.0 Å². The zero-order valence-electron chi connectivity index (χ0n) is 12.8. The number of furan rings is 1. The van der Waals surface area contributed by atoms with E-state index in [1.807, 2.05) is 6.07 Å². The van der Waals surface area contributed by atoms with Crippen LogP contribution in [0.1, 0.15) is 56.9 Å². The zero-order chi connectivity index (χ0) is 14.3.